The van der Waals surface area contributed by atoms with Crippen LogP contribution in [0.4, 0.5) is 15.9 Å². The van der Waals surface area contributed by atoms with Crippen molar-refractivity contribution in [1.29, 1.82) is 0 Å². The van der Waals surface area contributed by atoms with Crippen molar-refractivity contribution in [2.75, 3.05) is 19.0 Å². The van der Waals surface area contributed by atoms with Gasteiger partial charge < -0.3 is 14.8 Å². The molecule has 3 aromatic rings. The summed E-state index contributed by atoms with van der Waals surface area (Å²) >= 11 is 0. The van der Waals surface area contributed by atoms with Crippen LogP contribution >= 0.6 is 0 Å². The van der Waals surface area contributed by atoms with Gasteiger partial charge in [-0.15, -0.1) is 0 Å². The van der Waals surface area contributed by atoms with Crippen LogP contribution in [0, 0.1) is 5.82 Å². The summed E-state index contributed by atoms with van der Waals surface area (Å²) in [5, 5.41) is 12.1. The number of carbonyl (C=O) groups excluding carboxylic acids is 1. The number of ether oxygens (including phenoxy) is 2. The minimum Gasteiger partial charge on any atom is -0.493 e. The minimum atomic E-state index is -0.436. The maximum atomic E-state index is 14.0. The molecule has 0 saturated heterocycles. The monoisotopic (exact) mass is 400 g/mol. The fourth-order valence-electron chi connectivity index (χ4n) is 2.75. The number of carbonyl (C=O) groups is 1. The Labute approximate surface area is 166 Å². The van der Waals surface area contributed by atoms with E-state index in [4.69, 9.17) is 14.7 Å². The van der Waals surface area contributed by atoms with Crippen LogP contribution < -0.4 is 20.3 Å². The largest absolute Gasteiger partial charge is 0.493 e. The Hall–Kier alpha value is -3.46. The number of fused-ring (bicyclic) bond motifs is 1. The van der Waals surface area contributed by atoms with Crippen molar-refractivity contribution in [3.8, 4) is 11.5 Å². The van der Waals surface area contributed by atoms with Gasteiger partial charge >= 0.3 is 0 Å². The maximum Gasteiger partial charge on any atom is 0.243 e. The van der Waals surface area contributed by atoms with Crippen molar-refractivity contribution in [2.24, 2.45) is 0 Å². The van der Waals surface area contributed by atoms with Crippen LogP contribution in [-0.4, -0.2) is 34.8 Å². The highest BCUT2D eigenvalue weighted by molar-refractivity contribution is 5.93. The number of rotatable bonds is 9. The highest BCUT2D eigenvalue weighted by atomic mass is 19.1. The second-order valence-electron chi connectivity index (χ2n) is 6.19. The topological polar surface area (TPSA) is 106 Å². The number of methoxy groups -OCH3 is 1. The van der Waals surface area contributed by atoms with E-state index in [1.54, 1.807) is 35.8 Å². The number of benzene rings is 2. The number of hydrogen-bond donors (Lipinski definition) is 3. The Bertz CT molecular complexity index is 999. The predicted octanol–water partition coefficient (Wildman–Crippen LogP) is 3.58. The van der Waals surface area contributed by atoms with Gasteiger partial charge in [0.25, 0.3) is 0 Å². The number of nitrogens with zero attached hydrogens (tertiary/aromatic N) is 2. The van der Waals surface area contributed by atoms with Crippen LogP contribution in [0.5, 0.6) is 11.5 Å². The van der Waals surface area contributed by atoms with Crippen molar-refractivity contribution in [1.82, 2.24) is 15.4 Å². The SMILES string of the molecule is COc1cc2ncnc(Nc3ccccc3F)c2cc1OCCCCC(=O)NO. The van der Waals surface area contributed by atoms with E-state index in [0.717, 1.165) is 0 Å². The first-order valence-corrected chi connectivity index (χ1v) is 9.02. The van der Waals surface area contributed by atoms with Crippen LogP contribution in [0.2, 0.25) is 0 Å². The van der Waals surface area contributed by atoms with Gasteiger partial charge in [0, 0.05) is 17.9 Å². The van der Waals surface area contributed by atoms with E-state index in [1.165, 1.54) is 19.5 Å². The molecule has 0 atom stereocenters. The second-order valence-corrected chi connectivity index (χ2v) is 6.19. The third kappa shape index (κ3) is 5.08. The second kappa shape index (κ2) is 9.65. The van der Waals surface area contributed by atoms with E-state index in [1.807, 2.05) is 0 Å². The zero-order chi connectivity index (χ0) is 20.6. The van der Waals surface area contributed by atoms with Gasteiger partial charge in [0.15, 0.2) is 11.5 Å². The molecule has 152 valence electrons. The number of aromatic nitrogens is 2. The van der Waals surface area contributed by atoms with Gasteiger partial charge in [-0.1, -0.05) is 12.1 Å². The molecule has 0 fully saturated rings. The van der Waals surface area contributed by atoms with Crippen LogP contribution in [0.3, 0.4) is 0 Å². The van der Waals surface area contributed by atoms with E-state index < -0.39 is 11.7 Å². The number of hydroxylamine groups is 1. The van der Waals surface area contributed by atoms with Crippen molar-refractivity contribution < 1.29 is 23.9 Å². The molecule has 9 heteroatoms. The van der Waals surface area contributed by atoms with E-state index in [9.17, 15) is 9.18 Å². The molecule has 0 saturated carbocycles. The standard InChI is InChI=1S/C20H21FN4O4/c1-28-17-11-16-13(10-18(17)29-9-5-4-8-19(26)25-27)20(23-12-22-16)24-15-7-3-2-6-14(15)21/h2-3,6-7,10-12,27H,4-5,8-9H2,1H3,(H,25,26)(H,22,23,24). The molecule has 29 heavy (non-hydrogen) atoms. The van der Waals surface area contributed by atoms with E-state index in [2.05, 4.69) is 15.3 Å². The molecule has 3 rings (SSSR count). The Morgan fingerprint density at radius 2 is 2.00 bits per heavy atom. The Balaban J connectivity index is 1.80. The molecule has 3 N–H and O–H groups in total. The Morgan fingerprint density at radius 3 is 2.76 bits per heavy atom. The highest BCUT2D eigenvalue weighted by Crippen LogP contribution is 2.35. The van der Waals surface area contributed by atoms with E-state index in [0.29, 0.717) is 53.4 Å². The molecule has 0 spiro atoms. The first-order valence-electron chi connectivity index (χ1n) is 9.02. The number of anilines is 2. The maximum absolute atomic E-state index is 14.0. The molecule has 0 unspecified atom stereocenters. The Morgan fingerprint density at radius 1 is 1.17 bits per heavy atom. The van der Waals surface area contributed by atoms with Gasteiger partial charge in [0.05, 0.1) is 24.9 Å². The van der Waals surface area contributed by atoms with Crippen molar-refractivity contribution >= 4 is 28.3 Å². The van der Waals surface area contributed by atoms with Crippen LogP contribution in [0.25, 0.3) is 10.9 Å². The van der Waals surface area contributed by atoms with Crippen molar-refractivity contribution in [3.63, 3.8) is 0 Å². The van der Waals surface area contributed by atoms with Gasteiger partial charge in [-0.3, -0.25) is 10.0 Å². The number of amides is 1. The summed E-state index contributed by atoms with van der Waals surface area (Å²) in [6, 6.07) is 9.77. The fourth-order valence-corrected chi connectivity index (χ4v) is 2.75. The molecule has 0 bridgehead atoms. The van der Waals surface area contributed by atoms with Crippen LogP contribution in [0.15, 0.2) is 42.7 Å². The molecule has 0 aliphatic rings. The van der Waals surface area contributed by atoms with E-state index >= 15 is 0 Å². The van der Waals surface area contributed by atoms with Gasteiger partial charge in [0.2, 0.25) is 5.91 Å². The van der Waals surface area contributed by atoms with Gasteiger partial charge in [-0.25, -0.2) is 19.8 Å². The fraction of sp³-hybridized carbons (Fsp3) is 0.250. The third-order valence-corrected chi connectivity index (χ3v) is 4.23. The summed E-state index contributed by atoms with van der Waals surface area (Å²) in [4.78, 5) is 19.5. The molecule has 0 radical (unpaired) electrons. The summed E-state index contributed by atoms with van der Waals surface area (Å²) in [6.07, 6.45) is 2.77. The summed E-state index contributed by atoms with van der Waals surface area (Å²) in [5.74, 6) is 0.594. The van der Waals surface area contributed by atoms with Crippen molar-refractivity contribution in [2.45, 2.75) is 19.3 Å². The van der Waals surface area contributed by atoms with E-state index in [-0.39, 0.29) is 6.42 Å². The molecule has 1 heterocycles. The summed E-state index contributed by atoms with van der Waals surface area (Å²) in [5.41, 5.74) is 2.51. The molecule has 1 aromatic heterocycles. The molecule has 2 aromatic carbocycles. The van der Waals surface area contributed by atoms with Crippen LogP contribution in [-0.2, 0) is 4.79 Å². The summed E-state index contributed by atoms with van der Waals surface area (Å²) in [6.45, 7) is 0.352. The lowest BCUT2D eigenvalue weighted by Crippen LogP contribution is -2.18. The molecule has 8 nitrogen and oxygen atoms in total. The predicted molar refractivity (Wildman–Crippen MR) is 105 cm³/mol. The lowest BCUT2D eigenvalue weighted by Gasteiger charge is -2.14. The van der Waals surface area contributed by atoms with Gasteiger partial charge in [-0.05, 0) is 31.0 Å². The zero-order valence-corrected chi connectivity index (χ0v) is 15.8. The number of unbranched alkanes of at least 4 members (excludes halogenated alkanes) is 1. The highest BCUT2D eigenvalue weighted by Gasteiger charge is 2.13. The first kappa shape index (κ1) is 20.3. The zero-order valence-electron chi connectivity index (χ0n) is 15.8. The summed E-state index contributed by atoms with van der Waals surface area (Å²) in [7, 11) is 1.53. The average Bonchev–Trinajstić information content (AvgIpc) is 2.74. The van der Waals surface area contributed by atoms with Crippen LogP contribution in [0.1, 0.15) is 19.3 Å². The third-order valence-electron chi connectivity index (χ3n) is 4.23. The number of para-hydroxylation sites is 1. The van der Waals surface area contributed by atoms with Crippen molar-refractivity contribution in [3.05, 3.63) is 48.5 Å². The summed E-state index contributed by atoms with van der Waals surface area (Å²) < 4.78 is 25.2. The number of hydrogen-bond acceptors (Lipinski definition) is 7. The lowest BCUT2D eigenvalue weighted by molar-refractivity contribution is -0.129. The molecular weight excluding hydrogens is 379 g/mol. The number of halogens is 1. The first-order chi connectivity index (χ1) is 14.1. The molecule has 0 aliphatic heterocycles. The van der Waals surface area contributed by atoms with Gasteiger partial charge in [0.1, 0.15) is 18.0 Å². The molecule has 0 aliphatic carbocycles. The molecule has 1 amide bonds. The smallest absolute Gasteiger partial charge is 0.243 e. The average molecular weight is 400 g/mol. The number of nitrogens with one attached hydrogen (secondary N) is 2. The van der Waals surface area contributed by atoms with Gasteiger partial charge in [-0.2, -0.15) is 0 Å². The lowest BCUT2D eigenvalue weighted by atomic mass is 10.2. The minimum absolute atomic E-state index is 0.208. The Kier molecular flexibility index (Phi) is 6.75. The quantitative estimate of drug-likeness (QED) is 0.286. The molecular formula is C20H21FN4O4. The normalized spacial score (nSPS) is 10.6.